The average molecular weight is 857 g/mol. The van der Waals surface area contributed by atoms with E-state index in [0.29, 0.717) is 12.8 Å². The number of carbonyl (C=O) groups excluding carboxylic acids is 1. The number of allylic oxidation sites excluding steroid dienone is 6. The van der Waals surface area contributed by atoms with E-state index in [4.69, 9.17) is 0 Å². The molecule has 4 heteroatoms. The van der Waals surface area contributed by atoms with Gasteiger partial charge in [-0.05, 0) is 51.4 Å². The van der Waals surface area contributed by atoms with Gasteiger partial charge in [-0.2, -0.15) is 0 Å². The van der Waals surface area contributed by atoms with Crippen LogP contribution >= 0.6 is 0 Å². The Balaban J connectivity index is 3.47. The zero-order valence-electron chi connectivity index (χ0n) is 41.4. The highest BCUT2D eigenvalue weighted by atomic mass is 16.3. The van der Waals surface area contributed by atoms with Crippen LogP contribution in [0.25, 0.3) is 0 Å². The molecule has 0 spiro atoms. The zero-order valence-corrected chi connectivity index (χ0v) is 41.4. The molecule has 2 atom stereocenters. The van der Waals surface area contributed by atoms with Gasteiger partial charge in [-0.3, -0.25) is 4.79 Å². The maximum atomic E-state index is 12.5. The highest BCUT2D eigenvalue weighted by Gasteiger charge is 2.20. The summed E-state index contributed by atoms with van der Waals surface area (Å²) >= 11 is 0. The van der Waals surface area contributed by atoms with Gasteiger partial charge in [0.05, 0.1) is 18.8 Å². The van der Waals surface area contributed by atoms with Gasteiger partial charge in [0, 0.05) is 6.42 Å². The molecule has 360 valence electrons. The van der Waals surface area contributed by atoms with Crippen LogP contribution in [0, 0.1) is 0 Å². The number of carbonyl (C=O) groups is 1. The second-order valence-corrected chi connectivity index (χ2v) is 19.0. The van der Waals surface area contributed by atoms with E-state index in [1.165, 1.54) is 238 Å². The van der Waals surface area contributed by atoms with E-state index >= 15 is 0 Å². The van der Waals surface area contributed by atoms with Gasteiger partial charge in [-0.15, -0.1) is 0 Å². The molecule has 2 unspecified atom stereocenters. The molecule has 0 aliphatic rings. The fourth-order valence-electron chi connectivity index (χ4n) is 8.66. The number of hydrogen-bond acceptors (Lipinski definition) is 3. The first kappa shape index (κ1) is 59.6. The number of amides is 1. The van der Waals surface area contributed by atoms with E-state index in [1.807, 2.05) is 0 Å². The largest absolute Gasteiger partial charge is 0.394 e. The van der Waals surface area contributed by atoms with Gasteiger partial charge in [-0.1, -0.05) is 281 Å². The number of aliphatic hydroxyl groups is 2. The molecule has 0 saturated heterocycles. The summed E-state index contributed by atoms with van der Waals surface area (Å²) in [6.07, 6.45) is 71.2. The van der Waals surface area contributed by atoms with Crippen molar-refractivity contribution in [3.63, 3.8) is 0 Å². The first-order valence-electron chi connectivity index (χ1n) is 27.7. The minimum atomic E-state index is -0.664. The van der Waals surface area contributed by atoms with Crippen LogP contribution in [0.15, 0.2) is 36.5 Å². The van der Waals surface area contributed by atoms with Gasteiger partial charge >= 0.3 is 0 Å². The Hall–Kier alpha value is -1.39. The van der Waals surface area contributed by atoms with Crippen molar-refractivity contribution in [1.29, 1.82) is 0 Å². The van der Waals surface area contributed by atoms with E-state index in [1.54, 1.807) is 0 Å². The standard InChI is InChI=1S/C57H109NO3/c1-3-5-7-9-11-13-15-17-19-21-23-25-27-28-29-31-32-34-36-38-40-42-44-46-48-50-52-56(60)55(54-59)58-57(61)53-51-49-47-45-43-41-39-37-35-33-30-26-24-22-20-18-16-14-12-10-8-6-4-2/h16,18,22,24,30,33,55-56,59-60H,3-15,17,19-21,23,25-29,31-32,34-54H2,1-2H3,(H,58,61)/b18-16-,24-22-,33-30-. The molecule has 3 N–H and O–H groups in total. The highest BCUT2D eigenvalue weighted by Crippen LogP contribution is 2.17. The minimum absolute atomic E-state index is 0.0352. The van der Waals surface area contributed by atoms with Crippen molar-refractivity contribution in [2.24, 2.45) is 0 Å². The smallest absolute Gasteiger partial charge is 0.220 e. The molecule has 0 aliphatic carbocycles. The lowest BCUT2D eigenvalue weighted by Crippen LogP contribution is -2.45. The van der Waals surface area contributed by atoms with Crippen molar-refractivity contribution in [1.82, 2.24) is 5.32 Å². The molecular formula is C57H109NO3. The van der Waals surface area contributed by atoms with Crippen molar-refractivity contribution in [2.45, 2.75) is 315 Å². The number of nitrogens with one attached hydrogen (secondary N) is 1. The Morgan fingerprint density at radius 3 is 1.00 bits per heavy atom. The van der Waals surface area contributed by atoms with E-state index in [2.05, 4.69) is 55.6 Å². The van der Waals surface area contributed by atoms with Crippen LogP contribution in [0.4, 0.5) is 0 Å². The van der Waals surface area contributed by atoms with Crippen molar-refractivity contribution in [3.8, 4) is 0 Å². The fourth-order valence-corrected chi connectivity index (χ4v) is 8.66. The highest BCUT2D eigenvalue weighted by molar-refractivity contribution is 5.76. The maximum absolute atomic E-state index is 12.5. The fraction of sp³-hybridized carbons (Fsp3) is 0.877. The van der Waals surface area contributed by atoms with Crippen LogP contribution in [0.3, 0.4) is 0 Å². The quantitative estimate of drug-likeness (QED) is 0.0422. The Kier molecular flexibility index (Phi) is 51.7. The topological polar surface area (TPSA) is 69.6 Å². The van der Waals surface area contributed by atoms with Crippen LogP contribution < -0.4 is 5.32 Å². The van der Waals surface area contributed by atoms with Crippen molar-refractivity contribution >= 4 is 5.91 Å². The van der Waals surface area contributed by atoms with Crippen molar-refractivity contribution < 1.29 is 15.0 Å². The summed E-state index contributed by atoms with van der Waals surface area (Å²) in [5.74, 6) is -0.0352. The lowest BCUT2D eigenvalue weighted by Gasteiger charge is -2.22. The molecule has 0 aliphatic heterocycles. The van der Waals surface area contributed by atoms with Gasteiger partial charge in [-0.25, -0.2) is 0 Å². The minimum Gasteiger partial charge on any atom is -0.394 e. The molecule has 0 aromatic rings. The summed E-state index contributed by atoms with van der Waals surface area (Å²) in [6.45, 7) is 4.37. The van der Waals surface area contributed by atoms with Crippen LogP contribution in [0.5, 0.6) is 0 Å². The third kappa shape index (κ3) is 49.5. The number of aliphatic hydroxyl groups excluding tert-OH is 2. The zero-order chi connectivity index (χ0) is 44.2. The number of rotatable bonds is 51. The summed E-state index contributed by atoms with van der Waals surface area (Å²) in [5, 5.41) is 23.3. The third-order valence-corrected chi connectivity index (χ3v) is 12.9. The van der Waals surface area contributed by atoms with Gasteiger partial charge in [0.2, 0.25) is 5.91 Å². The van der Waals surface area contributed by atoms with Gasteiger partial charge in [0.15, 0.2) is 0 Å². The SMILES string of the molecule is CCCCCCC/C=C\C/C=C\C/C=C\CCCCCCCCCCC(=O)NC(CO)C(O)CCCCCCCCCCCCCCCCCCCCCCCCCCCC. The first-order chi connectivity index (χ1) is 30.2. The number of unbranched alkanes of at least 4 members (excludes halogenated alkanes) is 38. The Bertz CT molecular complexity index is 928. The molecule has 0 saturated carbocycles. The predicted molar refractivity (Wildman–Crippen MR) is 272 cm³/mol. The van der Waals surface area contributed by atoms with Crippen molar-refractivity contribution in [2.75, 3.05) is 6.61 Å². The monoisotopic (exact) mass is 856 g/mol. The molecule has 1 amide bonds. The maximum Gasteiger partial charge on any atom is 0.220 e. The molecule has 61 heavy (non-hydrogen) atoms. The molecule has 0 aromatic heterocycles. The van der Waals surface area contributed by atoms with Crippen molar-refractivity contribution in [3.05, 3.63) is 36.5 Å². The lowest BCUT2D eigenvalue weighted by molar-refractivity contribution is -0.123. The summed E-state index contributed by atoms with van der Waals surface area (Å²) in [6, 6.07) is -0.542. The molecule has 0 heterocycles. The van der Waals surface area contributed by atoms with E-state index < -0.39 is 12.1 Å². The Morgan fingerprint density at radius 2 is 0.672 bits per heavy atom. The van der Waals surface area contributed by atoms with Crippen LogP contribution in [0.1, 0.15) is 303 Å². The molecule has 0 aromatic carbocycles. The van der Waals surface area contributed by atoms with Crippen LogP contribution in [-0.4, -0.2) is 34.9 Å². The Labute approximate surface area is 382 Å². The second kappa shape index (κ2) is 53.0. The van der Waals surface area contributed by atoms with E-state index in [-0.39, 0.29) is 12.5 Å². The Morgan fingerprint density at radius 1 is 0.393 bits per heavy atom. The molecular weight excluding hydrogens is 747 g/mol. The van der Waals surface area contributed by atoms with Crippen LogP contribution in [-0.2, 0) is 4.79 Å². The summed E-state index contributed by atoms with van der Waals surface area (Å²) in [7, 11) is 0. The molecule has 0 fully saturated rings. The predicted octanol–water partition coefficient (Wildman–Crippen LogP) is 18.1. The third-order valence-electron chi connectivity index (χ3n) is 12.9. The first-order valence-corrected chi connectivity index (χ1v) is 27.7. The van der Waals surface area contributed by atoms with Gasteiger partial charge in [0.1, 0.15) is 0 Å². The molecule has 0 rings (SSSR count). The summed E-state index contributed by atoms with van der Waals surface area (Å²) in [5.41, 5.74) is 0. The summed E-state index contributed by atoms with van der Waals surface area (Å²) in [4.78, 5) is 12.5. The van der Waals surface area contributed by atoms with Gasteiger partial charge < -0.3 is 15.5 Å². The van der Waals surface area contributed by atoms with E-state index in [0.717, 1.165) is 38.5 Å². The molecule has 0 bridgehead atoms. The lowest BCUT2D eigenvalue weighted by atomic mass is 10.0. The van der Waals surface area contributed by atoms with E-state index in [9.17, 15) is 15.0 Å². The molecule has 4 nitrogen and oxygen atoms in total. The summed E-state index contributed by atoms with van der Waals surface area (Å²) < 4.78 is 0. The molecule has 0 radical (unpaired) electrons. The number of hydrogen-bond donors (Lipinski definition) is 3. The van der Waals surface area contributed by atoms with Crippen LogP contribution in [0.2, 0.25) is 0 Å². The second-order valence-electron chi connectivity index (χ2n) is 19.0. The van der Waals surface area contributed by atoms with Gasteiger partial charge in [0.25, 0.3) is 0 Å². The average Bonchev–Trinajstić information content (AvgIpc) is 3.26. The normalized spacial score (nSPS) is 13.0.